The third kappa shape index (κ3) is 4.24. The molecule has 112 valence electrons. The molecule has 0 aliphatic rings. The number of carbonyl (C=O) groups excluding carboxylic acids is 1. The molecule has 6 heteroatoms. The highest BCUT2D eigenvalue weighted by Gasteiger charge is 2.13. The number of nitrogens with one attached hydrogen (secondary N) is 1. The summed E-state index contributed by atoms with van der Waals surface area (Å²) in [5.41, 5.74) is 1.59. The molecule has 0 aliphatic carbocycles. The first-order valence-electron chi connectivity index (χ1n) is 6.39. The third-order valence-electron chi connectivity index (χ3n) is 2.73. The maximum Gasteiger partial charge on any atom is 0.291 e. The molecule has 2 aromatic rings. The summed E-state index contributed by atoms with van der Waals surface area (Å²) in [6, 6.07) is 8.53. The highest BCUT2D eigenvalue weighted by molar-refractivity contribution is 6.29. The average molecular weight is 310 g/mol. The minimum absolute atomic E-state index is 0.142. The first-order chi connectivity index (χ1) is 10.1. The van der Waals surface area contributed by atoms with Crippen molar-refractivity contribution in [2.75, 3.05) is 25.6 Å². The van der Waals surface area contributed by atoms with Gasteiger partial charge in [-0.05, 0) is 48.4 Å². The van der Waals surface area contributed by atoms with Crippen molar-refractivity contribution < 1.29 is 18.7 Å². The zero-order valence-electron chi connectivity index (χ0n) is 11.8. The van der Waals surface area contributed by atoms with Gasteiger partial charge in [-0.1, -0.05) is 6.07 Å². The molecular formula is C15H16ClNO4. The van der Waals surface area contributed by atoms with E-state index in [0.29, 0.717) is 24.7 Å². The smallest absolute Gasteiger partial charge is 0.291 e. The van der Waals surface area contributed by atoms with Crippen LogP contribution in [0.2, 0.25) is 5.22 Å². The van der Waals surface area contributed by atoms with Crippen LogP contribution in [0.25, 0.3) is 0 Å². The van der Waals surface area contributed by atoms with Crippen LogP contribution in [-0.4, -0.2) is 26.2 Å². The monoisotopic (exact) mass is 309 g/mol. The Kier molecular flexibility index (Phi) is 5.25. The van der Waals surface area contributed by atoms with Crippen molar-refractivity contribution >= 4 is 23.2 Å². The van der Waals surface area contributed by atoms with E-state index in [0.717, 1.165) is 5.56 Å². The number of furan rings is 1. The number of methoxy groups -OCH3 is 1. The van der Waals surface area contributed by atoms with Crippen molar-refractivity contribution in [1.82, 2.24) is 0 Å². The van der Waals surface area contributed by atoms with Crippen LogP contribution in [0.15, 0.2) is 34.7 Å². The van der Waals surface area contributed by atoms with Crippen LogP contribution in [0.1, 0.15) is 16.1 Å². The van der Waals surface area contributed by atoms with Gasteiger partial charge in [0.25, 0.3) is 5.91 Å². The van der Waals surface area contributed by atoms with Gasteiger partial charge in [-0.3, -0.25) is 4.79 Å². The maximum atomic E-state index is 12.1. The Labute approximate surface area is 127 Å². The van der Waals surface area contributed by atoms with E-state index in [9.17, 15) is 4.79 Å². The molecule has 0 fully saturated rings. The summed E-state index contributed by atoms with van der Waals surface area (Å²) >= 11 is 5.66. The number of hydrogen-bond donors (Lipinski definition) is 1. The standard InChI is InChI=1S/C15H16ClNO4/c1-10-3-4-11(13(9-10)20-8-7-19-2)17-15(18)12-5-6-14(16)21-12/h3-6,9H,7-8H2,1-2H3,(H,17,18). The van der Waals surface area contributed by atoms with Crippen LogP contribution in [0.3, 0.4) is 0 Å². The van der Waals surface area contributed by atoms with Crippen LogP contribution >= 0.6 is 11.6 Å². The molecule has 1 heterocycles. The molecule has 0 unspecified atom stereocenters. The fourth-order valence-electron chi connectivity index (χ4n) is 1.71. The number of anilines is 1. The summed E-state index contributed by atoms with van der Waals surface area (Å²) in [5, 5.41) is 2.90. The van der Waals surface area contributed by atoms with Crippen molar-refractivity contribution in [1.29, 1.82) is 0 Å². The summed E-state index contributed by atoms with van der Waals surface area (Å²) in [6.07, 6.45) is 0. The zero-order chi connectivity index (χ0) is 15.2. The number of benzene rings is 1. The van der Waals surface area contributed by atoms with Crippen molar-refractivity contribution in [3.05, 3.63) is 46.9 Å². The largest absolute Gasteiger partial charge is 0.489 e. The van der Waals surface area contributed by atoms with E-state index in [4.69, 9.17) is 25.5 Å². The van der Waals surface area contributed by atoms with Crippen molar-refractivity contribution in [2.24, 2.45) is 0 Å². The number of rotatable bonds is 6. The maximum absolute atomic E-state index is 12.1. The molecule has 0 bridgehead atoms. The SMILES string of the molecule is COCCOc1cc(C)ccc1NC(=O)c1ccc(Cl)o1. The molecule has 1 aromatic heterocycles. The number of carbonyl (C=O) groups is 1. The predicted molar refractivity (Wildman–Crippen MR) is 80.2 cm³/mol. The lowest BCUT2D eigenvalue weighted by atomic mass is 10.2. The summed E-state index contributed by atoms with van der Waals surface area (Å²) in [6.45, 7) is 2.81. The van der Waals surface area contributed by atoms with Crippen molar-refractivity contribution in [3.63, 3.8) is 0 Å². The molecule has 0 saturated heterocycles. The predicted octanol–water partition coefficient (Wildman–Crippen LogP) is 3.52. The van der Waals surface area contributed by atoms with E-state index in [2.05, 4.69) is 5.32 Å². The van der Waals surface area contributed by atoms with Crippen molar-refractivity contribution in [3.8, 4) is 5.75 Å². The molecule has 2 rings (SSSR count). The van der Waals surface area contributed by atoms with Crippen LogP contribution in [0.5, 0.6) is 5.75 Å². The highest BCUT2D eigenvalue weighted by Crippen LogP contribution is 2.26. The van der Waals surface area contributed by atoms with Crippen LogP contribution in [0.4, 0.5) is 5.69 Å². The molecule has 1 amide bonds. The molecule has 0 radical (unpaired) electrons. The van der Waals surface area contributed by atoms with E-state index in [1.165, 1.54) is 12.1 Å². The third-order valence-corrected chi connectivity index (χ3v) is 2.93. The van der Waals surface area contributed by atoms with Gasteiger partial charge in [0.1, 0.15) is 12.4 Å². The Morgan fingerprint density at radius 3 is 2.76 bits per heavy atom. The molecule has 21 heavy (non-hydrogen) atoms. The Bertz CT molecular complexity index is 624. The van der Waals surface area contributed by atoms with E-state index in [1.807, 2.05) is 19.1 Å². The summed E-state index contributed by atoms with van der Waals surface area (Å²) in [5.74, 6) is 0.337. The van der Waals surface area contributed by atoms with Gasteiger partial charge in [-0.2, -0.15) is 0 Å². The second-order valence-corrected chi connectivity index (χ2v) is 4.77. The molecule has 0 aliphatic heterocycles. The molecule has 1 N–H and O–H groups in total. The van der Waals surface area contributed by atoms with E-state index in [-0.39, 0.29) is 16.9 Å². The van der Waals surface area contributed by atoms with Crippen LogP contribution < -0.4 is 10.1 Å². The van der Waals surface area contributed by atoms with Crippen molar-refractivity contribution in [2.45, 2.75) is 6.92 Å². The zero-order valence-corrected chi connectivity index (χ0v) is 12.6. The van der Waals surface area contributed by atoms with Crippen LogP contribution in [-0.2, 0) is 4.74 Å². The molecule has 0 atom stereocenters. The highest BCUT2D eigenvalue weighted by atomic mass is 35.5. The fourth-order valence-corrected chi connectivity index (χ4v) is 1.85. The minimum atomic E-state index is -0.387. The van der Waals surface area contributed by atoms with Gasteiger partial charge in [0.05, 0.1) is 12.3 Å². The molecule has 0 saturated carbocycles. The number of halogens is 1. The summed E-state index contributed by atoms with van der Waals surface area (Å²) in [7, 11) is 1.60. The van der Waals surface area contributed by atoms with E-state index >= 15 is 0 Å². The first kappa shape index (κ1) is 15.4. The lowest BCUT2D eigenvalue weighted by molar-refractivity contribution is 0.0996. The van der Waals surface area contributed by atoms with Gasteiger partial charge in [0, 0.05) is 7.11 Å². The number of amides is 1. The molecule has 5 nitrogen and oxygen atoms in total. The van der Waals surface area contributed by atoms with Gasteiger partial charge in [-0.15, -0.1) is 0 Å². The van der Waals surface area contributed by atoms with Gasteiger partial charge >= 0.3 is 0 Å². The van der Waals surface area contributed by atoms with Gasteiger partial charge in [0.15, 0.2) is 11.0 Å². The first-order valence-corrected chi connectivity index (χ1v) is 6.77. The second kappa shape index (κ2) is 7.15. The Balaban J connectivity index is 2.13. The molecule has 0 spiro atoms. The topological polar surface area (TPSA) is 60.7 Å². The lowest BCUT2D eigenvalue weighted by Crippen LogP contribution is -2.13. The number of hydrogen-bond acceptors (Lipinski definition) is 4. The summed E-state index contributed by atoms with van der Waals surface area (Å²) < 4.78 is 15.6. The minimum Gasteiger partial charge on any atom is -0.489 e. The number of aryl methyl sites for hydroxylation is 1. The second-order valence-electron chi connectivity index (χ2n) is 4.40. The Morgan fingerprint density at radius 1 is 1.29 bits per heavy atom. The Hall–Kier alpha value is -1.98. The normalized spacial score (nSPS) is 10.4. The number of ether oxygens (including phenoxy) is 2. The van der Waals surface area contributed by atoms with E-state index in [1.54, 1.807) is 13.2 Å². The van der Waals surface area contributed by atoms with Gasteiger partial charge < -0.3 is 19.2 Å². The van der Waals surface area contributed by atoms with Gasteiger partial charge in [-0.25, -0.2) is 0 Å². The summed E-state index contributed by atoms with van der Waals surface area (Å²) in [4.78, 5) is 12.1. The van der Waals surface area contributed by atoms with Crippen LogP contribution in [0, 0.1) is 6.92 Å². The van der Waals surface area contributed by atoms with E-state index < -0.39 is 0 Å². The lowest BCUT2D eigenvalue weighted by Gasteiger charge is -2.12. The molecule has 1 aromatic carbocycles. The molecular weight excluding hydrogens is 294 g/mol. The van der Waals surface area contributed by atoms with Gasteiger partial charge in [0.2, 0.25) is 0 Å². The quantitative estimate of drug-likeness (QED) is 0.829. The Morgan fingerprint density at radius 2 is 2.10 bits per heavy atom. The fraction of sp³-hybridized carbons (Fsp3) is 0.267. The average Bonchev–Trinajstić information content (AvgIpc) is 2.88.